The van der Waals surface area contributed by atoms with E-state index in [0.717, 1.165) is 5.75 Å². The Morgan fingerprint density at radius 3 is 2.45 bits per heavy atom. The Labute approximate surface area is 182 Å². The minimum Gasteiger partial charge on any atom is -0.491 e. The monoisotopic (exact) mass is 427 g/mol. The van der Waals surface area contributed by atoms with Crippen LogP contribution < -0.4 is 15.0 Å². The summed E-state index contributed by atoms with van der Waals surface area (Å²) in [6.45, 7) is 8.60. The molecular formula is C23H29N3O5. The third-order valence-electron chi connectivity index (χ3n) is 5.21. The minimum absolute atomic E-state index is 0.0799. The number of morpholine rings is 1. The zero-order chi connectivity index (χ0) is 22.4. The van der Waals surface area contributed by atoms with Crippen LogP contribution in [0.25, 0.3) is 0 Å². The highest BCUT2D eigenvalue weighted by molar-refractivity contribution is 5.96. The third kappa shape index (κ3) is 5.95. The molecule has 0 saturated carbocycles. The molecule has 1 aliphatic rings. The molecule has 0 bridgehead atoms. The van der Waals surface area contributed by atoms with E-state index in [9.17, 15) is 14.9 Å². The number of nitro benzene ring substituents is 1. The fourth-order valence-corrected chi connectivity index (χ4v) is 3.40. The smallest absolute Gasteiger partial charge is 0.293 e. The van der Waals surface area contributed by atoms with Crippen molar-refractivity contribution in [1.29, 1.82) is 0 Å². The van der Waals surface area contributed by atoms with Gasteiger partial charge in [-0.15, -0.1) is 0 Å². The molecule has 1 unspecified atom stereocenters. The Morgan fingerprint density at radius 1 is 1.16 bits per heavy atom. The summed E-state index contributed by atoms with van der Waals surface area (Å²) in [5, 5.41) is 14.4. The normalized spacial score (nSPS) is 14.9. The topological polar surface area (TPSA) is 93.9 Å². The van der Waals surface area contributed by atoms with Crippen molar-refractivity contribution in [2.75, 3.05) is 37.8 Å². The van der Waals surface area contributed by atoms with Crippen LogP contribution in [-0.2, 0) is 4.74 Å². The average molecular weight is 428 g/mol. The molecular weight excluding hydrogens is 398 g/mol. The van der Waals surface area contributed by atoms with Crippen LogP contribution in [0.1, 0.15) is 42.6 Å². The molecule has 31 heavy (non-hydrogen) atoms. The van der Waals surface area contributed by atoms with Crippen LogP contribution in [0.3, 0.4) is 0 Å². The van der Waals surface area contributed by atoms with Crippen molar-refractivity contribution in [3.05, 3.63) is 63.7 Å². The van der Waals surface area contributed by atoms with Crippen LogP contribution in [0, 0.1) is 10.1 Å². The number of rotatable bonds is 8. The molecule has 2 aromatic carbocycles. The number of hydrogen-bond donors (Lipinski definition) is 1. The Kier molecular flexibility index (Phi) is 7.46. The van der Waals surface area contributed by atoms with Crippen molar-refractivity contribution < 1.29 is 19.2 Å². The van der Waals surface area contributed by atoms with Crippen molar-refractivity contribution in [3.8, 4) is 5.75 Å². The highest BCUT2D eigenvalue weighted by atomic mass is 16.6. The molecule has 1 amide bonds. The first-order valence-corrected chi connectivity index (χ1v) is 10.5. The highest BCUT2D eigenvalue weighted by Crippen LogP contribution is 2.30. The van der Waals surface area contributed by atoms with Gasteiger partial charge in [0.2, 0.25) is 0 Å². The van der Waals surface area contributed by atoms with Crippen molar-refractivity contribution in [2.24, 2.45) is 0 Å². The maximum Gasteiger partial charge on any atom is 0.293 e. The van der Waals surface area contributed by atoms with Crippen molar-refractivity contribution in [3.63, 3.8) is 0 Å². The van der Waals surface area contributed by atoms with E-state index in [4.69, 9.17) is 9.47 Å². The molecule has 1 aliphatic heterocycles. The SMILES string of the molecule is CC(COc1ccc(C(C)C)cc1)NC(=O)c1ccc(N2CCOCC2)c([N+](=O)[O-])c1. The van der Waals surface area contributed by atoms with E-state index in [-0.39, 0.29) is 23.2 Å². The maximum absolute atomic E-state index is 12.6. The van der Waals surface area contributed by atoms with Gasteiger partial charge in [-0.25, -0.2) is 0 Å². The Balaban J connectivity index is 1.61. The molecule has 2 aromatic rings. The lowest BCUT2D eigenvalue weighted by Gasteiger charge is -2.28. The molecule has 0 spiro atoms. The second kappa shape index (κ2) is 10.3. The van der Waals surface area contributed by atoms with Gasteiger partial charge in [-0.3, -0.25) is 14.9 Å². The summed E-state index contributed by atoms with van der Waals surface area (Å²) in [6.07, 6.45) is 0. The fourth-order valence-electron chi connectivity index (χ4n) is 3.40. The van der Waals surface area contributed by atoms with E-state index >= 15 is 0 Å². The van der Waals surface area contributed by atoms with Gasteiger partial charge in [0.05, 0.1) is 24.2 Å². The molecule has 1 heterocycles. The van der Waals surface area contributed by atoms with Crippen molar-refractivity contribution >= 4 is 17.3 Å². The molecule has 1 saturated heterocycles. The predicted molar refractivity (Wildman–Crippen MR) is 119 cm³/mol. The molecule has 1 fully saturated rings. The summed E-state index contributed by atoms with van der Waals surface area (Å²) in [7, 11) is 0. The largest absolute Gasteiger partial charge is 0.491 e. The zero-order valence-electron chi connectivity index (χ0n) is 18.2. The number of carbonyl (C=O) groups excluding carboxylic acids is 1. The first-order valence-electron chi connectivity index (χ1n) is 10.5. The van der Waals surface area contributed by atoms with Gasteiger partial charge >= 0.3 is 0 Å². The number of carbonyl (C=O) groups is 1. The number of amides is 1. The Hall–Kier alpha value is -3.13. The molecule has 1 N–H and O–H groups in total. The van der Waals surface area contributed by atoms with E-state index in [1.54, 1.807) is 12.1 Å². The van der Waals surface area contributed by atoms with Gasteiger partial charge in [-0.1, -0.05) is 26.0 Å². The van der Waals surface area contributed by atoms with Gasteiger partial charge in [0.25, 0.3) is 11.6 Å². The van der Waals surface area contributed by atoms with Gasteiger partial charge in [-0.2, -0.15) is 0 Å². The van der Waals surface area contributed by atoms with Crippen LogP contribution in [0.2, 0.25) is 0 Å². The molecule has 0 radical (unpaired) electrons. The summed E-state index contributed by atoms with van der Waals surface area (Å²) in [5.74, 6) is 0.810. The van der Waals surface area contributed by atoms with E-state index in [0.29, 0.717) is 44.5 Å². The van der Waals surface area contributed by atoms with Crippen LogP contribution in [-0.4, -0.2) is 49.8 Å². The van der Waals surface area contributed by atoms with Crippen molar-refractivity contribution in [2.45, 2.75) is 32.7 Å². The first kappa shape index (κ1) is 22.6. The second-order valence-electron chi connectivity index (χ2n) is 7.97. The summed E-state index contributed by atoms with van der Waals surface area (Å²) < 4.78 is 11.1. The summed E-state index contributed by atoms with van der Waals surface area (Å²) in [5.41, 5.74) is 1.91. The van der Waals surface area contributed by atoms with E-state index in [1.807, 2.05) is 36.1 Å². The lowest BCUT2D eigenvalue weighted by atomic mass is 10.0. The van der Waals surface area contributed by atoms with Gasteiger partial charge in [0.1, 0.15) is 18.0 Å². The minimum atomic E-state index is -0.449. The van der Waals surface area contributed by atoms with Crippen LogP contribution >= 0.6 is 0 Å². The number of hydrogen-bond acceptors (Lipinski definition) is 6. The fraction of sp³-hybridized carbons (Fsp3) is 0.435. The third-order valence-corrected chi connectivity index (χ3v) is 5.21. The number of nitro groups is 1. The molecule has 0 aliphatic carbocycles. The van der Waals surface area contributed by atoms with E-state index in [1.165, 1.54) is 11.6 Å². The van der Waals surface area contributed by atoms with Gasteiger partial charge in [0, 0.05) is 24.7 Å². The molecule has 1 atom stereocenters. The van der Waals surface area contributed by atoms with Gasteiger partial charge in [-0.05, 0) is 42.7 Å². The van der Waals surface area contributed by atoms with Crippen LogP contribution in [0.5, 0.6) is 5.75 Å². The number of nitrogens with one attached hydrogen (secondary N) is 1. The quantitative estimate of drug-likeness (QED) is 0.509. The molecule has 0 aromatic heterocycles. The second-order valence-corrected chi connectivity index (χ2v) is 7.97. The number of ether oxygens (including phenoxy) is 2. The molecule has 8 nitrogen and oxygen atoms in total. The summed E-state index contributed by atoms with van der Waals surface area (Å²) in [4.78, 5) is 25.7. The maximum atomic E-state index is 12.6. The van der Waals surface area contributed by atoms with Crippen LogP contribution in [0.15, 0.2) is 42.5 Å². The summed E-state index contributed by atoms with van der Waals surface area (Å²) >= 11 is 0. The van der Waals surface area contributed by atoms with Crippen LogP contribution in [0.4, 0.5) is 11.4 Å². The molecule has 3 rings (SSSR count). The molecule has 8 heteroatoms. The lowest BCUT2D eigenvalue weighted by molar-refractivity contribution is -0.384. The predicted octanol–water partition coefficient (Wildman–Crippen LogP) is 3.75. The van der Waals surface area contributed by atoms with Crippen molar-refractivity contribution in [1.82, 2.24) is 5.32 Å². The Bertz CT molecular complexity index is 908. The highest BCUT2D eigenvalue weighted by Gasteiger charge is 2.23. The first-order chi connectivity index (χ1) is 14.8. The number of anilines is 1. The standard InChI is InChI=1S/C23H29N3O5/c1-16(2)18-4-7-20(8-5-18)31-15-17(3)24-23(27)19-6-9-21(22(14-19)26(28)29)25-10-12-30-13-11-25/h4-9,14,16-17H,10-13,15H2,1-3H3,(H,24,27). The Morgan fingerprint density at radius 2 is 1.84 bits per heavy atom. The van der Waals surface area contributed by atoms with E-state index in [2.05, 4.69) is 19.2 Å². The van der Waals surface area contributed by atoms with Gasteiger partial charge in [0.15, 0.2) is 0 Å². The zero-order valence-corrected chi connectivity index (χ0v) is 18.2. The average Bonchev–Trinajstić information content (AvgIpc) is 2.78. The summed E-state index contributed by atoms with van der Waals surface area (Å²) in [6, 6.07) is 12.2. The number of nitrogens with zero attached hydrogens (tertiary/aromatic N) is 2. The molecule has 166 valence electrons. The van der Waals surface area contributed by atoms with Gasteiger partial charge < -0.3 is 19.7 Å². The van der Waals surface area contributed by atoms with E-state index < -0.39 is 4.92 Å². The number of benzene rings is 2. The lowest BCUT2D eigenvalue weighted by Crippen LogP contribution is -2.37.